The molecule has 3 unspecified atom stereocenters. The van der Waals surface area contributed by atoms with E-state index in [-0.39, 0.29) is 23.6 Å². The average Bonchev–Trinajstić information content (AvgIpc) is 3.19. The molecule has 0 radical (unpaired) electrons. The Morgan fingerprint density at radius 2 is 2.03 bits per heavy atom. The van der Waals surface area contributed by atoms with Crippen LogP contribution in [0, 0.1) is 6.92 Å². The Morgan fingerprint density at radius 3 is 2.80 bits per heavy atom. The van der Waals surface area contributed by atoms with Gasteiger partial charge in [0.25, 0.3) is 11.5 Å². The lowest BCUT2D eigenvalue weighted by atomic mass is 9.93. The molecule has 1 amide bonds. The molecule has 2 aromatic heterocycles. The van der Waals surface area contributed by atoms with Crippen LogP contribution < -0.4 is 15.8 Å². The monoisotopic (exact) mass is 432 g/mol. The van der Waals surface area contributed by atoms with Gasteiger partial charge in [0, 0.05) is 25.2 Å². The van der Waals surface area contributed by atoms with Gasteiger partial charge in [-0.15, -0.1) is 5.10 Å². The lowest BCUT2D eigenvalue weighted by Crippen LogP contribution is -2.48. The molecule has 30 heavy (non-hydrogen) atoms. The first-order valence-corrected chi connectivity index (χ1v) is 11.4. The molecule has 0 bridgehead atoms. The molecule has 3 atom stereocenters. The van der Waals surface area contributed by atoms with Gasteiger partial charge < -0.3 is 15.3 Å². The lowest BCUT2D eigenvalue weighted by Gasteiger charge is -2.37. The molecule has 3 heterocycles. The summed E-state index contributed by atoms with van der Waals surface area (Å²) in [7, 11) is 0. The first-order valence-electron chi connectivity index (χ1n) is 10.7. The summed E-state index contributed by atoms with van der Waals surface area (Å²) in [5.74, 6) is 0.568. The van der Waals surface area contributed by atoms with Crippen LogP contribution in [0.15, 0.2) is 16.9 Å². The first kappa shape index (κ1) is 20.9. The van der Waals surface area contributed by atoms with Gasteiger partial charge in [0.1, 0.15) is 10.7 Å². The summed E-state index contributed by atoms with van der Waals surface area (Å²) in [5.41, 5.74) is 0.456. The first-order chi connectivity index (χ1) is 14.5. The van der Waals surface area contributed by atoms with Crippen molar-refractivity contribution in [3.05, 3.63) is 33.1 Å². The van der Waals surface area contributed by atoms with Gasteiger partial charge >= 0.3 is 0 Å². The van der Waals surface area contributed by atoms with E-state index in [0.29, 0.717) is 23.5 Å². The van der Waals surface area contributed by atoms with Crippen LogP contribution in [0.4, 0.5) is 5.82 Å². The molecule has 2 aromatic rings. The molecular formula is C20H28N6O3S. The lowest BCUT2D eigenvalue weighted by molar-refractivity contribution is 0.0669. The van der Waals surface area contributed by atoms with Crippen LogP contribution in [0.1, 0.15) is 66.4 Å². The number of nitrogens with one attached hydrogen (secondary N) is 1. The summed E-state index contributed by atoms with van der Waals surface area (Å²) in [4.78, 5) is 27.6. The number of aryl methyl sites for hydroxylation is 1. The van der Waals surface area contributed by atoms with Crippen molar-refractivity contribution in [1.82, 2.24) is 24.7 Å². The Kier molecular flexibility index (Phi) is 6.43. The maximum Gasteiger partial charge on any atom is 0.267 e. The highest BCUT2D eigenvalue weighted by molar-refractivity contribution is 7.08. The second-order valence-electron chi connectivity index (χ2n) is 8.13. The topological polar surface area (TPSA) is 113 Å². The number of aliphatic hydroxyl groups excluding tert-OH is 1. The highest BCUT2D eigenvalue weighted by Gasteiger charge is 2.29. The Balaban J connectivity index is 1.51. The van der Waals surface area contributed by atoms with E-state index in [1.54, 1.807) is 19.1 Å². The summed E-state index contributed by atoms with van der Waals surface area (Å²) in [6, 6.07) is 3.13. The molecule has 10 heteroatoms. The van der Waals surface area contributed by atoms with Gasteiger partial charge in [0.2, 0.25) is 0 Å². The van der Waals surface area contributed by atoms with Gasteiger partial charge in [-0.05, 0) is 56.6 Å². The molecule has 162 valence electrons. The number of rotatable bonds is 5. The Hall–Kier alpha value is -2.33. The third kappa shape index (κ3) is 4.39. The number of hydrogen-bond donors (Lipinski definition) is 2. The van der Waals surface area contributed by atoms with Gasteiger partial charge in [-0.25, -0.2) is 4.68 Å². The fourth-order valence-electron chi connectivity index (χ4n) is 4.43. The number of anilines is 1. The molecule has 1 saturated heterocycles. The molecular weight excluding hydrogens is 404 g/mol. The van der Waals surface area contributed by atoms with Crippen molar-refractivity contribution in [3.63, 3.8) is 0 Å². The van der Waals surface area contributed by atoms with E-state index in [1.165, 1.54) is 4.68 Å². The summed E-state index contributed by atoms with van der Waals surface area (Å²) in [5, 5.41) is 21.9. The summed E-state index contributed by atoms with van der Waals surface area (Å²) < 4.78 is 5.29. The quantitative estimate of drug-likeness (QED) is 0.739. The predicted molar refractivity (Wildman–Crippen MR) is 114 cm³/mol. The third-order valence-corrected chi connectivity index (χ3v) is 6.92. The molecule has 1 aliphatic carbocycles. The standard InChI is InChI=1S/C20H28N6O3S/c1-13-19(30-24-22-13)20(29)21-12-14-6-4-5-11-25(14)17-9-10-18(28)26(23-17)15-7-2-3-8-16(15)27/h9-10,14-16,27H,2-8,11-12H2,1H3,(H,21,29). The zero-order valence-corrected chi connectivity index (χ0v) is 18.0. The van der Waals surface area contributed by atoms with Crippen LogP contribution in [0.25, 0.3) is 0 Å². The molecule has 9 nitrogen and oxygen atoms in total. The number of carbonyl (C=O) groups excluding carboxylic acids is 1. The number of aliphatic hydroxyl groups is 1. The Labute approximate surface area is 179 Å². The zero-order valence-electron chi connectivity index (χ0n) is 17.2. The third-order valence-electron chi connectivity index (χ3n) is 6.10. The van der Waals surface area contributed by atoms with Crippen molar-refractivity contribution < 1.29 is 9.90 Å². The maximum absolute atomic E-state index is 12.5. The molecule has 2 N–H and O–H groups in total. The minimum absolute atomic E-state index is 0.0959. The molecule has 1 saturated carbocycles. The Bertz CT molecular complexity index is 945. The minimum atomic E-state index is -0.535. The Morgan fingerprint density at radius 1 is 1.23 bits per heavy atom. The van der Waals surface area contributed by atoms with Crippen LogP contribution in [-0.2, 0) is 0 Å². The van der Waals surface area contributed by atoms with Crippen LogP contribution in [0.3, 0.4) is 0 Å². The average molecular weight is 433 g/mol. The summed E-state index contributed by atoms with van der Waals surface area (Å²) in [6.45, 7) is 3.08. The van der Waals surface area contributed by atoms with Gasteiger partial charge in [0.15, 0.2) is 0 Å². The number of carbonyl (C=O) groups is 1. The van der Waals surface area contributed by atoms with E-state index in [0.717, 1.165) is 62.4 Å². The molecule has 4 rings (SSSR count). The zero-order chi connectivity index (χ0) is 21.1. The highest BCUT2D eigenvalue weighted by Crippen LogP contribution is 2.28. The molecule has 1 aliphatic heterocycles. The van der Waals surface area contributed by atoms with Crippen LogP contribution in [-0.4, -0.2) is 55.6 Å². The van der Waals surface area contributed by atoms with Crippen molar-refractivity contribution in [2.45, 2.75) is 70.1 Å². The predicted octanol–water partition coefficient (Wildman–Crippen LogP) is 1.67. The van der Waals surface area contributed by atoms with E-state index in [9.17, 15) is 14.7 Å². The molecule has 2 aliphatic rings. The molecule has 2 fully saturated rings. The van der Waals surface area contributed by atoms with Gasteiger partial charge in [-0.1, -0.05) is 17.3 Å². The van der Waals surface area contributed by atoms with Crippen LogP contribution in [0.5, 0.6) is 0 Å². The van der Waals surface area contributed by atoms with Gasteiger partial charge in [-0.2, -0.15) is 5.10 Å². The molecule has 0 aromatic carbocycles. The van der Waals surface area contributed by atoms with Crippen molar-refractivity contribution >= 4 is 23.3 Å². The highest BCUT2D eigenvalue weighted by atomic mass is 32.1. The summed E-state index contributed by atoms with van der Waals surface area (Å²) in [6.07, 6.45) is 5.96. The summed E-state index contributed by atoms with van der Waals surface area (Å²) >= 11 is 1.10. The van der Waals surface area contributed by atoms with Crippen molar-refractivity contribution in [2.75, 3.05) is 18.0 Å². The number of piperidine rings is 1. The maximum atomic E-state index is 12.5. The number of amides is 1. The largest absolute Gasteiger partial charge is 0.391 e. The minimum Gasteiger partial charge on any atom is -0.391 e. The van der Waals surface area contributed by atoms with Crippen LogP contribution in [0.2, 0.25) is 0 Å². The second kappa shape index (κ2) is 9.22. The fourth-order valence-corrected chi connectivity index (χ4v) is 5.00. The second-order valence-corrected chi connectivity index (χ2v) is 8.89. The number of hydrogen-bond acceptors (Lipinski definition) is 8. The van der Waals surface area contributed by atoms with E-state index in [2.05, 4.69) is 24.9 Å². The van der Waals surface area contributed by atoms with E-state index in [1.807, 2.05) is 0 Å². The van der Waals surface area contributed by atoms with E-state index in [4.69, 9.17) is 0 Å². The number of nitrogens with zero attached hydrogens (tertiary/aromatic N) is 5. The van der Waals surface area contributed by atoms with Crippen molar-refractivity contribution in [2.24, 2.45) is 0 Å². The smallest absolute Gasteiger partial charge is 0.267 e. The van der Waals surface area contributed by atoms with Gasteiger partial charge in [0.05, 0.1) is 17.8 Å². The molecule has 0 spiro atoms. The van der Waals surface area contributed by atoms with E-state index >= 15 is 0 Å². The van der Waals surface area contributed by atoms with Crippen LogP contribution >= 0.6 is 11.5 Å². The van der Waals surface area contributed by atoms with Gasteiger partial charge in [-0.3, -0.25) is 9.59 Å². The SMILES string of the molecule is Cc1nnsc1C(=O)NCC1CCCCN1c1ccc(=O)n(C2CCCCC2O)n1. The number of aromatic nitrogens is 4. The van der Waals surface area contributed by atoms with E-state index < -0.39 is 6.10 Å². The van der Waals surface area contributed by atoms with Crippen molar-refractivity contribution in [3.8, 4) is 0 Å². The van der Waals surface area contributed by atoms with Crippen molar-refractivity contribution in [1.29, 1.82) is 0 Å². The fraction of sp³-hybridized carbons (Fsp3) is 0.650. The normalized spacial score (nSPS) is 24.6.